The molecule has 204 valence electrons. The van der Waals surface area contributed by atoms with E-state index in [1.54, 1.807) is 29.4 Å². The van der Waals surface area contributed by atoms with E-state index in [-0.39, 0.29) is 46.2 Å². The van der Waals surface area contributed by atoms with E-state index in [1.807, 2.05) is 26.0 Å². The van der Waals surface area contributed by atoms with Crippen LogP contribution < -0.4 is 11.1 Å². The second-order valence-corrected chi connectivity index (χ2v) is 10.3. The van der Waals surface area contributed by atoms with Crippen molar-refractivity contribution in [3.63, 3.8) is 0 Å². The number of carboxylic acids is 1. The van der Waals surface area contributed by atoms with Crippen molar-refractivity contribution in [2.75, 3.05) is 6.54 Å². The second kappa shape index (κ2) is 11.9. The minimum atomic E-state index is -1.30. The fourth-order valence-electron chi connectivity index (χ4n) is 4.35. The Morgan fingerprint density at radius 1 is 1.23 bits per heavy atom. The molecule has 0 radical (unpaired) electrons. The molecule has 1 aromatic heterocycles. The molecule has 0 spiro atoms. The van der Waals surface area contributed by atoms with Crippen LogP contribution in [0.25, 0.3) is 11.0 Å². The summed E-state index contributed by atoms with van der Waals surface area (Å²) in [6.45, 7) is 4.41. The van der Waals surface area contributed by atoms with Crippen molar-refractivity contribution >= 4 is 58.2 Å². The van der Waals surface area contributed by atoms with E-state index in [1.165, 1.54) is 12.3 Å². The summed E-state index contributed by atoms with van der Waals surface area (Å²) in [6, 6.07) is 7.47. The number of hydrogen-bond donors (Lipinski definition) is 3. The zero-order chi connectivity index (χ0) is 28.3. The number of allylic oxidation sites excluding steroid dienone is 1. The van der Waals surface area contributed by atoms with Crippen molar-refractivity contribution in [2.24, 2.45) is 10.7 Å². The van der Waals surface area contributed by atoms with Gasteiger partial charge in [-0.15, -0.1) is 0 Å². The van der Waals surface area contributed by atoms with Gasteiger partial charge in [0.05, 0.1) is 21.9 Å². The van der Waals surface area contributed by atoms with Gasteiger partial charge in [-0.2, -0.15) is 0 Å². The molecule has 0 unspecified atom stereocenters. The van der Waals surface area contributed by atoms with E-state index in [0.29, 0.717) is 35.2 Å². The van der Waals surface area contributed by atoms with Crippen molar-refractivity contribution in [3.8, 4) is 0 Å². The molecule has 2 aromatic carbocycles. The lowest BCUT2D eigenvalue weighted by Crippen LogP contribution is -2.42. The van der Waals surface area contributed by atoms with E-state index in [2.05, 4.69) is 10.3 Å². The Hall–Kier alpha value is -3.82. The first-order valence-electron chi connectivity index (χ1n) is 12.3. The van der Waals surface area contributed by atoms with Crippen LogP contribution in [0, 0.1) is 0 Å². The van der Waals surface area contributed by atoms with Crippen LogP contribution in [0.2, 0.25) is 10.0 Å². The summed E-state index contributed by atoms with van der Waals surface area (Å²) in [5.74, 6) is -2.15. The van der Waals surface area contributed by atoms with Crippen molar-refractivity contribution in [3.05, 3.63) is 80.7 Å². The smallest absolute Gasteiger partial charge is 0.326 e. The Morgan fingerprint density at radius 2 is 2.00 bits per heavy atom. The summed E-state index contributed by atoms with van der Waals surface area (Å²) in [5, 5.41) is 13.2. The Morgan fingerprint density at radius 3 is 2.72 bits per heavy atom. The molecular weight excluding hydrogens is 543 g/mol. The number of nitrogens with zero attached hydrogens (tertiary/aromatic N) is 2. The molecule has 4 rings (SSSR count). The van der Waals surface area contributed by atoms with Gasteiger partial charge in [0.25, 0.3) is 11.8 Å². The molecule has 2 heterocycles. The predicted octanol–water partition coefficient (Wildman–Crippen LogP) is 4.83. The number of benzene rings is 2. The SMILES string of the molecule is CC(C)N=CC=C(N)C[C@H](NC(=O)c1c(Cl)cc2c(c1Cl)CCN(C(=O)c1ccc3ccoc3c1)C2)C(=O)O. The number of furan rings is 1. The minimum absolute atomic E-state index is 0.0182. The maximum Gasteiger partial charge on any atom is 0.326 e. The zero-order valence-electron chi connectivity index (χ0n) is 21.4. The van der Waals surface area contributed by atoms with Crippen molar-refractivity contribution in [1.82, 2.24) is 10.2 Å². The molecule has 2 amide bonds. The largest absolute Gasteiger partial charge is 0.480 e. The van der Waals surface area contributed by atoms with Crippen LogP contribution >= 0.6 is 23.2 Å². The van der Waals surface area contributed by atoms with Gasteiger partial charge in [-0.25, -0.2) is 4.79 Å². The molecule has 1 atom stereocenters. The van der Waals surface area contributed by atoms with Crippen LogP contribution in [-0.2, 0) is 17.8 Å². The van der Waals surface area contributed by atoms with E-state index in [0.717, 1.165) is 5.39 Å². The topological polar surface area (TPSA) is 138 Å². The molecular formula is C28H28Cl2N4O5. The molecule has 3 aromatic rings. The molecule has 39 heavy (non-hydrogen) atoms. The number of carbonyl (C=O) groups is 3. The number of carboxylic acid groups (broad SMARTS) is 1. The number of halogens is 2. The third-order valence-electron chi connectivity index (χ3n) is 6.34. The first kappa shape index (κ1) is 28.2. The molecule has 0 saturated carbocycles. The average molecular weight is 571 g/mol. The maximum atomic E-state index is 13.2. The van der Waals surface area contributed by atoms with Gasteiger partial charge in [-0.1, -0.05) is 29.3 Å². The van der Waals surface area contributed by atoms with Crippen molar-refractivity contribution in [1.29, 1.82) is 0 Å². The first-order chi connectivity index (χ1) is 18.5. The fraction of sp³-hybridized carbons (Fsp3) is 0.286. The molecule has 11 heteroatoms. The summed E-state index contributed by atoms with van der Waals surface area (Å²) < 4.78 is 5.41. The van der Waals surface area contributed by atoms with Crippen molar-refractivity contribution < 1.29 is 23.9 Å². The molecule has 1 aliphatic rings. The van der Waals surface area contributed by atoms with Crippen LogP contribution in [0.15, 0.2) is 57.8 Å². The normalized spacial score (nSPS) is 14.6. The third kappa shape index (κ3) is 6.43. The number of nitrogens with one attached hydrogen (secondary N) is 1. The first-order valence-corrected chi connectivity index (χ1v) is 13.1. The number of carbonyl (C=O) groups excluding carboxylic acids is 2. The van der Waals surface area contributed by atoms with Crippen LogP contribution in [0.5, 0.6) is 0 Å². The molecule has 4 N–H and O–H groups in total. The lowest BCUT2D eigenvalue weighted by atomic mass is 9.95. The van der Waals surface area contributed by atoms with Crippen LogP contribution in [0.1, 0.15) is 52.1 Å². The van der Waals surface area contributed by atoms with Gasteiger partial charge < -0.3 is 25.5 Å². The number of aliphatic carboxylic acids is 1. The molecule has 0 aliphatic carbocycles. The average Bonchev–Trinajstić information content (AvgIpc) is 3.35. The van der Waals surface area contributed by atoms with E-state index in [9.17, 15) is 19.5 Å². The van der Waals surface area contributed by atoms with Gasteiger partial charge in [0.2, 0.25) is 0 Å². The second-order valence-electron chi connectivity index (χ2n) is 9.54. The maximum absolute atomic E-state index is 13.2. The monoisotopic (exact) mass is 570 g/mol. The standard InChI is InChI=1S/C28H28Cl2N4O5/c1-15(2)32-8-5-19(31)13-22(28(37)38)33-26(35)24-21(29)11-18-14-34(9-6-20(18)25(24)30)27(36)17-4-3-16-7-10-39-23(16)12-17/h3-5,7-8,10-12,15,22H,6,9,13-14,31H2,1-2H3,(H,33,35)(H,37,38)/t22-/m0/s1. The van der Waals surface area contributed by atoms with E-state index >= 15 is 0 Å². The van der Waals surface area contributed by atoms with Gasteiger partial charge >= 0.3 is 5.97 Å². The minimum Gasteiger partial charge on any atom is -0.480 e. The van der Waals surface area contributed by atoms with Gasteiger partial charge in [-0.05, 0) is 61.7 Å². The van der Waals surface area contributed by atoms with Gasteiger partial charge in [0.1, 0.15) is 11.6 Å². The van der Waals surface area contributed by atoms with E-state index in [4.69, 9.17) is 33.4 Å². The predicted molar refractivity (Wildman–Crippen MR) is 151 cm³/mol. The molecule has 1 aliphatic heterocycles. The van der Waals surface area contributed by atoms with Crippen LogP contribution in [0.4, 0.5) is 0 Å². The number of rotatable bonds is 8. The number of hydrogen-bond acceptors (Lipinski definition) is 6. The Balaban J connectivity index is 1.51. The molecule has 0 bridgehead atoms. The zero-order valence-corrected chi connectivity index (χ0v) is 22.9. The highest BCUT2D eigenvalue weighted by Crippen LogP contribution is 2.35. The number of nitrogens with two attached hydrogens (primary N) is 1. The molecule has 9 nitrogen and oxygen atoms in total. The Bertz CT molecular complexity index is 1490. The summed E-state index contributed by atoms with van der Waals surface area (Å²) >= 11 is 13.1. The van der Waals surface area contributed by atoms with Crippen LogP contribution in [0.3, 0.4) is 0 Å². The highest BCUT2D eigenvalue weighted by Gasteiger charge is 2.30. The summed E-state index contributed by atoms with van der Waals surface area (Å²) in [7, 11) is 0. The van der Waals surface area contributed by atoms with Gasteiger partial charge in [0.15, 0.2) is 0 Å². The van der Waals surface area contributed by atoms with E-state index < -0.39 is 17.9 Å². The van der Waals surface area contributed by atoms with Gasteiger partial charge in [-0.3, -0.25) is 14.6 Å². The van der Waals surface area contributed by atoms with Crippen LogP contribution in [-0.4, -0.2) is 52.6 Å². The molecule has 0 saturated heterocycles. The summed E-state index contributed by atoms with van der Waals surface area (Å²) in [4.78, 5) is 43.9. The third-order valence-corrected chi connectivity index (χ3v) is 7.05. The Labute approximate surface area is 235 Å². The summed E-state index contributed by atoms with van der Waals surface area (Å²) in [5.41, 5.74) is 8.68. The number of amides is 2. The summed E-state index contributed by atoms with van der Waals surface area (Å²) in [6.07, 6.45) is 4.84. The number of fused-ring (bicyclic) bond motifs is 2. The fourth-order valence-corrected chi connectivity index (χ4v) is 5.11. The molecule has 0 fully saturated rings. The highest BCUT2D eigenvalue weighted by molar-refractivity contribution is 6.40. The quantitative estimate of drug-likeness (QED) is 0.331. The highest BCUT2D eigenvalue weighted by atomic mass is 35.5. The lowest BCUT2D eigenvalue weighted by molar-refractivity contribution is -0.139. The lowest BCUT2D eigenvalue weighted by Gasteiger charge is -2.30. The van der Waals surface area contributed by atoms with Crippen molar-refractivity contribution in [2.45, 2.75) is 45.3 Å². The van der Waals surface area contributed by atoms with Gasteiger partial charge in [0, 0.05) is 48.4 Å². The Kier molecular flexibility index (Phi) is 8.62. The number of aliphatic imine (C=N–C) groups is 1.